The Morgan fingerprint density at radius 2 is 1.90 bits per heavy atom. The van der Waals surface area contributed by atoms with Crippen molar-refractivity contribution < 1.29 is 35.7 Å². The average molecular weight is 445 g/mol. The van der Waals surface area contributed by atoms with Gasteiger partial charge in [0.15, 0.2) is 5.65 Å². The molecule has 0 radical (unpaired) electrons. The Labute approximate surface area is 167 Å². The van der Waals surface area contributed by atoms with Gasteiger partial charge in [-0.3, -0.25) is 9.36 Å². The van der Waals surface area contributed by atoms with Crippen molar-refractivity contribution in [3.8, 4) is 17.3 Å². The van der Waals surface area contributed by atoms with Crippen molar-refractivity contribution >= 4 is 33.0 Å². The zero-order valence-electron chi connectivity index (χ0n) is 15.4. The summed E-state index contributed by atoms with van der Waals surface area (Å²) in [5.74, 6) is -2.48. The van der Waals surface area contributed by atoms with Crippen LogP contribution in [0.4, 0.5) is 19.0 Å². The molecule has 0 saturated heterocycles. The molecule has 3 aromatic rings. The average Bonchev–Trinajstić information content (AvgIpc) is 2.89. The number of rotatable bonds is 4. The van der Waals surface area contributed by atoms with Gasteiger partial charge in [0.1, 0.15) is 22.6 Å². The Kier molecular flexibility index (Phi) is 4.77. The van der Waals surface area contributed by atoms with E-state index in [0.29, 0.717) is 23.0 Å². The van der Waals surface area contributed by atoms with Crippen molar-refractivity contribution in [2.45, 2.75) is 19.4 Å². The molecule has 0 saturated carbocycles. The van der Waals surface area contributed by atoms with Crippen LogP contribution < -0.4 is 15.7 Å². The Balaban J connectivity index is 2.33. The number of nitrogen functional groups attached to an aromatic ring is 1. The minimum absolute atomic E-state index is 0.0957. The van der Waals surface area contributed by atoms with E-state index in [4.69, 9.17) is 11.5 Å². The topological polar surface area (TPSA) is 163 Å². The molecule has 1 aromatic carbocycles. The van der Waals surface area contributed by atoms with Gasteiger partial charge >= 0.3 is 15.6 Å². The minimum Gasteiger partial charge on any atom is -0.508 e. The lowest BCUT2D eigenvalue weighted by atomic mass is 10.1. The number of primary amides is 1. The molecule has 0 aliphatic carbocycles. The molecule has 0 aliphatic heterocycles. The van der Waals surface area contributed by atoms with Crippen molar-refractivity contribution in [2.75, 3.05) is 5.73 Å². The molecule has 0 bridgehead atoms. The summed E-state index contributed by atoms with van der Waals surface area (Å²) in [5.41, 5.74) is 6.07. The molecule has 14 heteroatoms. The van der Waals surface area contributed by atoms with Gasteiger partial charge in [-0.05, 0) is 25.5 Å². The summed E-state index contributed by atoms with van der Waals surface area (Å²) in [6.45, 7) is 3.24. The molecule has 5 N–H and O–H groups in total. The molecule has 0 spiro atoms. The molecule has 0 aliphatic rings. The maximum Gasteiger partial charge on any atom is 0.534 e. The number of aromatic nitrogens is 3. The van der Waals surface area contributed by atoms with Gasteiger partial charge in [-0.25, -0.2) is 9.97 Å². The van der Waals surface area contributed by atoms with E-state index in [1.807, 2.05) is 0 Å². The molecule has 160 valence electrons. The molecule has 0 unspecified atom stereocenters. The second-order valence-corrected chi connectivity index (χ2v) is 7.74. The summed E-state index contributed by atoms with van der Waals surface area (Å²) in [6.07, 6.45) is 0.625. The third-order valence-corrected chi connectivity index (χ3v) is 5.19. The van der Waals surface area contributed by atoms with E-state index < -0.39 is 33.0 Å². The van der Waals surface area contributed by atoms with Crippen LogP contribution in [-0.4, -0.2) is 39.5 Å². The number of phenols is 1. The first kappa shape index (κ1) is 21.2. The summed E-state index contributed by atoms with van der Waals surface area (Å²) in [5, 5.41) is 10.0. The largest absolute Gasteiger partial charge is 0.534 e. The van der Waals surface area contributed by atoms with Gasteiger partial charge in [0, 0.05) is 5.56 Å². The van der Waals surface area contributed by atoms with E-state index in [-0.39, 0.29) is 22.7 Å². The number of alkyl halides is 3. The number of carbonyl (C=O) groups excluding carboxylic acids is 1. The zero-order chi connectivity index (χ0) is 22.6. The van der Waals surface area contributed by atoms with Crippen LogP contribution in [0.25, 0.3) is 16.9 Å². The van der Waals surface area contributed by atoms with Gasteiger partial charge in [0.2, 0.25) is 0 Å². The number of nitrogens with zero attached hydrogens (tertiary/aromatic N) is 3. The third-order valence-electron chi connectivity index (χ3n) is 4.23. The number of halogens is 3. The predicted octanol–water partition coefficient (Wildman–Crippen LogP) is 1.65. The molecular formula is C16H14F3N5O5S. The van der Waals surface area contributed by atoms with Crippen LogP contribution in [0.15, 0.2) is 18.3 Å². The molecule has 0 atom stereocenters. The van der Waals surface area contributed by atoms with Crippen LogP contribution in [0.3, 0.4) is 0 Å². The smallest absolute Gasteiger partial charge is 0.508 e. The lowest BCUT2D eigenvalue weighted by molar-refractivity contribution is -0.0501. The van der Waals surface area contributed by atoms with Crippen LogP contribution >= 0.6 is 0 Å². The Morgan fingerprint density at radius 1 is 1.27 bits per heavy atom. The number of hydrogen-bond donors (Lipinski definition) is 3. The number of carbonyl (C=O) groups is 1. The SMILES string of the molecule is Cc1ccc(O)c(C)c1-n1c(N)c(C(N)=O)c2nc(OS(=O)(=O)C(F)(F)F)cnc21. The molecule has 2 heterocycles. The number of aromatic hydroxyl groups is 1. The van der Waals surface area contributed by atoms with Gasteiger partial charge in [-0.2, -0.15) is 21.6 Å². The highest BCUT2D eigenvalue weighted by Gasteiger charge is 2.49. The lowest BCUT2D eigenvalue weighted by Gasteiger charge is -2.15. The summed E-state index contributed by atoms with van der Waals surface area (Å²) < 4.78 is 65.4. The van der Waals surface area contributed by atoms with Gasteiger partial charge in [0.05, 0.1) is 11.9 Å². The van der Waals surface area contributed by atoms with Crippen molar-refractivity contribution in [3.63, 3.8) is 0 Å². The fourth-order valence-electron chi connectivity index (χ4n) is 2.88. The maximum absolute atomic E-state index is 12.6. The van der Waals surface area contributed by atoms with Crippen LogP contribution in [0.2, 0.25) is 0 Å². The van der Waals surface area contributed by atoms with Gasteiger partial charge in [-0.15, -0.1) is 0 Å². The van der Waals surface area contributed by atoms with E-state index in [9.17, 15) is 31.5 Å². The summed E-state index contributed by atoms with van der Waals surface area (Å²) in [6, 6.07) is 3.00. The predicted molar refractivity (Wildman–Crippen MR) is 98.5 cm³/mol. The second kappa shape index (κ2) is 6.76. The molecule has 10 nitrogen and oxygen atoms in total. The lowest BCUT2D eigenvalue weighted by Crippen LogP contribution is -2.28. The number of fused-ring (bicyclic) bond motifs is 1. The first-order valence-electron chi connectivity index (χ1n) is 8.03. The molecule has 3 rings (SSSR count). The fraction of sp³-hybridized carbons (Fsp3) is 0.188. The van der Waals surface area contributed by atoms with Crippen molar-refractivity contribution in [3.05, 3.63) is 35.0 Å². The highest BCUT2D eigenvalue weighted by atomic mass is 32.2. The number of aryl methyl sites for hydroxylation is 1. The number of anilines is 1. The Morgan fingerprint density at radius 3 is 2.47 bits per heavy atom. The quantitative estimate of drug-likeness (QED) is 0.403. The fourth-order valence-corrected chi connectivity index (χ4v) is 3.28. The van der Waals surface area contributed by atoms with Gasteiger partial charge in [-0.1, -0.05) is 6.07 Å². The van der Waals surface area contributed by atoms with E-state index in [1.165, 1.54) is 10.6 Å². The van der Waals surface area contributed by atoms with Gasteiger partial charge < -0.3 is 20.8 Å². The summed E-state index contributed by atoms with van der Waals surface area (Å²) in [4.78, 5) is 19.5. The number of phenolic OH excluding ortho intramolecular Hbond substituents is 1. The standard InChI is InChI=1S/C16H14F3N5O5S/c1-6-3-4-8(25)7(2)12(6)24-13(20)10(14(21)26)11-15(24)22-5-9(23-11)29-30(27,28)16(17,18)19/h3-5,25H,20H2,1-2H3,(H2,21,26). The molecule has 30 heavy (non-hydrogen) atoms. The van der Waals surface area contributed by atoms with Crippen molar-refractivity contribution in [1.29, 1.82) is 0 Å². The highest BCUT2D eigenvalue weighted by Crippen LogP contribution is 2.36. The Hall–Kier alpha value is -3.55. The van der Waals surface area contributed by atoms with Crippen LogP contribution in [0.5, 0.6) is 11.6 Å². The van der Waals surface area contributed by atoms with Crippen LogP contribution in [0, 0.1) is 13.8 Å². The summed E-state index contributed by atoms with van der Waals surface area (Å²) in [7, 11) is -6.02. The van der Waals surface area contributed by atoms with E-state index in [2.05, 4.69) is 14.2 Å². The first-order valence-corrected chi connectivity index (χ1v) is 9.44. The van der Waals surface area contributed by atoms with Crippen molar-refractivity contribution in [1.82, 2.24) is 14.5 Å². The molecular weight excluding hydrogens is 431 g/mol. The third kappa shape index (κ3) is 3.24. The monoisotopic (exact) mass is 445 g/mol. The number of benzene rings is 1. The van der Waals surface area contributed by atoms with E-state index in [0.717, 1.165) is 0 Å². The summed E-state index contributed by atoms with van der Waals surface area (Å²) >= 11 is 0. The second-order valence-electron chi connectivity index (χ2n) is 6.20. The Bertz CT molecular complexity index is 1300. The molecule has 0 fully saturated rings. The number of hydrogen-bond acceptors (Lipinski definition) is 8. The molecule has 2 aromatic heterocycles. The first-order chi connectivity index (χ1) is 13.8. The molecule has 1 amide bonds. The van der Waals surface area contributed by atoms with Crippen LogP contribution in [-0.2, 0) is 10.1 Å². The number of amides is 1. The van der Waals surface area contributed by atoms with Crippen molar-refractivity contribution in [2.24, 2.45) is 5.73 Å². The van der Waals surface area contributed by atoms with Gasteiger partial charge in [0.25, 0.3) is 11.8 Å². The normalized spacial score (nSPS) is 12.3. The number of nitrogens with two attached hydrogens (primary N) is 2. The minimum atomic E-state index is -6.02. The maximum atomic E-state index is 12.6. The highest BCUT2D eigenvalue weighted by molar-refractivity contribution is 7.87. The van der Waals surface area contributed by atoms with E-state index >= 15 is 0 Å². The van der Waals surface area contributed by atoms with E-state index in [1.54, 1.807) is 19.9 Å². The van der Waals surface area contributed by atoms with Crippen LogP contribution in [0.1, 0.15) is 21.5 Å². The zero-order valence-corrected chi connectivity index (χ0v) is 16.2.